The van der Waals surface area contributed by atoms with E-state index in [1.807, 2.05) is 6.92 Å². The summed E-state index contributed by atoms with van der Waals surface area (Å²) >= 11 is 0. The van der Waals surface area contributed by atoms with E-state index in [-0.39, 0.29) is 18.6 Å². The summed E-state index contributed by atoms with van der Waals surface area (Å²) in [5.74, 6) is 0. The van der Waals surface area contributed by atoms with Gasteiger partial charge in [-0.3, -0.25) is 0 Å². The van der Waals surface area contributed by atoms with E-state index in [9.17, 15) is 0 Å². The average Bonchev–Trinajstić information content (AvgIpc) is 2.30. The van der Waals surface area contributed by atoms with Gasteiger partial charge in [0.05, 0.1) is 0 Å². The molecule has 0 aliphatic carbocycles. The van der Waals surface area contributed by atoms with Gasteiger partial charge in [-0.25, -0.2) is 0 Å². The highest BCUT2D eigenvalue weighted by Gasteiger charge is 2.33. The third-order valence-corrected chi connectivity index (χ3v) is 3.06. The summed E-state index contributed by atoms with van der Waals surface area (Å²) in [6.45, 7) is 7.78. The van der Waals surface area contributed by atoms with Crippen LogP contribution in [0.25, 0.3) is 0 Å². The number of rotatable bonds is 3. The molecule has 1 aliphatic rings. The molecule has 3 nitrogen and oxygen atoms in total. The van der Waals surface area contributed by atoms with Crippen LogP contribution in [0.3, 0.4) is 0 Å². The second-order valence-electron chi connectivity index (χ2n) is 6.04. The van der Waals surface area contributed by atoms with Crippen LogP contribution in [0, 0.1) is 5.41 Å². The molecule has 0 bridgehead atoms. The number of nitrogens with two attached hydrogens (primary N) is 1. The van der Waals surface area contributed by atoms with E-state index in [0.29, 0.717) is 0 Å². The predicted molar refractivity (Wildman–Crippen MR) is 74.9 cm³/mol. The van der Waals surface area contributed by atoms with Crippen LogP contribution in [0.5, 0.6) is 0 Å². The van der Waals surface area contributed by atoms with Crippen LogP contribution in [0.4, 0.5) is 0 Å². The van der Waals surface area contributed by atoms with Crippen molar-refractivity contribution in [3.8, 4) is 0 Å². The summed E-state index contributed by atoms with van der Waals surface area (Å²) in [5, 5.41) is 0. The highest BCUT2D eigenvalue weighted by Crippen LogP contribution is 2.21. The molecule has 1 unspecified atom stereocenters. The minimum atomic E-state index is -0.220. The van der Waals surface area contributed by atoms with Gasteiger partial charge in [-0.05, 0) is 24.4 Å². The largest absolute Gasteiger partial charge is 0.493 e. The van der Waals surface area contributed by atoms with Crippen LogP contribution in [-0.4, -0.2) is 26.4 Å². The molecule has 2 rings (SSSR count). The fraction of sp³-hybridized carbons (Fsp3) is 0.571. The Morgan fingerprint density at radius 3 is 2.28 bits per heavy atom. The van der Waals surface area contributed by atoms with E-state index in [4.69, 9.17) is 15.0 Å². The van der Waals surface area contributed by atoms with Gasteiger partial charge in [0.25, 0.3) is 0 Å². The monoisotopic (exact) mass is 247 g/mol. The predicted octanol–water partition coefficient (Wildman–Crippen LogP) is 1.34. The van der Waals surface area contributed by atoms with Gasteiger partial charge in [-0.1, -0.05) is 38.1 Å². The summed E-state index contributed by atoms with van der Waals surface area (Å²) in [5.41, 5.74) is 8.24. The Hall–Kier alpha value is -0.835. The Kier molecular flexibility index (Phi) is 4.10. The lowest BCUT2D eigenvalue weighted by Crippen LogP contribution is -2.47. The first-order valence-corrected chi connectivity index (χ1v) is 6.54. The van der Waals surface area contributed by atoms with Crippen molar-refractivity contribution in [1.29, 1.82) is 0 Å². The fourth-order valence-electron chi connectivity index (χ4n) is 2.07. The molecule has 1 saturated heterocycles. The van der Waals surface area contributed by atoms with Gasteiger partial charge >= 0.3 is 7.12 Å². The SMILES string of the molecule is CC(N)Cc1ccc(B2OCC(C)(C)CO2)cc1. The van der Waals surface area contributed by atoms with E-state index in [2.05, 4.69) is 38.1 Å². The molecular formula is C14H22BNO2. The molecule has 0 amide bonds. The van der Waals surface area contributed by atoms with E-state index >= 15 is 0 Å². The molecule has 4 heteroatoms. The van der Waals surface area contributed by atoms with Crippen LogP contribution in [0.1, 0.15) is 26.3 Å². The number of hydrogen-bond donors (Lipinski definition) is 1. The third kappa shape index (κ3) is 3.58. The molecule has 1 aromatic carbocycles. The van der Waals surface area contributed by atoms with Gasteiger partial charge in [0, 0.05) is 24.7 Å². The van der Waals surface area contributed by atoms with Crippen molar-refractivity contribution in [2.45, 2.75) is 33.2 Å². The lowest BCUT2D eigenvalue weighted by atomic mass is 9.75. The second kappa shape index (κ2) is 5.43. The highest BCUT2D eigenvalue weighted by molar-refractivity contribution is 6.61. The molecule has 1 heterocycles. The first kappa shape index (κ1) is 13.6. The van der Waals surface area contributed by atoms with Crippen molar-refractivity contribution in [3.05, 3.63) is 29.8 Å². The summed E-state index contributed by atoms with van der Waals surface area (Å²) in [4.78, 5) is 0. The Morgan fingerprint density at radius 1 is 1.22 bits per heavy atom. The molecule has 18 heavy (non-hydrogen) atoms. The lowest BCUT2D eigenvalue weighted by Gasteiger charge is -2.33. The van der Waals surface area contributed by atoms with Crippen molar-refractivity contribution in [3.63, 3.8) is 0 Å². The van der Waals surface area contributed by atoms with Gasteiger partial charge in [-0.15, -0.1) is 0 Å². The maximum Gasteiger partial charge on any atom is 0.493 e. The molecule has 0 radical (unpaired) electrons. The second-order valence-corrected chi connectivity index (χ2v) is 6.04. The summed E-state index contributed by atoms with van der Waals surface area (Å²) in [6.07, 6.45) is 0.902. The molecule has 0 spiro atoms. The van der Waals surface area contributed by atoms with Crippen LogP contribution in [0.2, 0.25) is 0 Å². The van der Waals surface area contributed by atoms with Crippen molar-refractivity contribution in [2.24, 2.45) is 11.1 Å². The first-order chi connectivity index (χ1) is 8.46. The molecule has 1 fully saturated rings. The Labute approximate surface area is 110 Å². The molecule has 0 aromatic heterocycles. The molecule has 1 aliphatic heterocycles. The molecule has 0 saturated carbocycles. The number of benzene rings is 1. The van der Waals surface area contributed by atoms with Crippen LogP contribution in [-0.2, 0) is 15.7 Å². The number of hydrogen-bond acceptors (Lipinski definition) is 3. The van der Waals surface area contributed by atoms with Gasteiger partial charge in [0.1, 0.15) is 0 Å². The zero-order valence-electron chi connectivity index (χ0n) is 11.5. The van der Waals surface area contributed by atoms with E-state index in [0.717, 1.165) is 25.1 Å². The Morgan fingerprint density at radius 2 is 1.78 bits per heavy atom. The van der Waals surface area contributed by atoms with Gasteiger partial charge in [0.2, 0.25) is 0 Å². The molecular weight excluding hydrogens is 225 g/mol. The van der Waals surface area contributed by atoms with Crippen molar-refractivity contribution in [1.82, 2.24) is 0 Å². The van der Waals surface area contributed by atoms with Gasteiger partial charge in [0.15, 0.2) is 0 Å². The van der Waals surface area contributed by atoms with E-state index in [1.54, 1.807) is 0 Å². The zero-order chi connectivity index (χ0) is 13.2. The summed E-state index contributed by atoms with van der Waals surface area (Å²) in [7, 11) is -0.220. The third-order valence-electron chi connectivity index (χ3n) is 3.06. The maximum absolute atomic E-state index is 5.79. The van der Waals surface area contributed by atoms with Crippen molar-refractivity contribution in [2.75, 3.05) is 13.2 Å². The standard InChI is InChI=1S/C14H22BNO2/c1-11(16)8-12-4-6-13(7-5-12)15-17-9-14(2,3)10-18-15/h4-7,11H,8-10,16H2,1-3H3. The Bertz CT molecular complexity index is 379. The topological polar surface area (TPSA) is 44.5 Å². The van der Waals surface area contributed by atoms with Gasteiger partial charge in [-0.2, -0.15) is 0 Å². The summed E-state index contributed by atoms with van der Waals surface area (Å²) in [6, 6.07) is 8.54. The maximum atomic E-state index is 5.79. The molecule has 2 N–H and O–H groups in total. The minimum absolute atomic E-state index is 0.116. The normalized spacial score (nSPS) is 20.8. The lowest BCUT2D eigenvalue weighted by molar-refractivity contribution is 0.0343. The summed E-state index contributed by atoms with van der Waals surface area (Å²) < 4.78 is 11.5. The minimum Gasteiger partial charge on any atom is -0.407 e. The Balaban J connectivity index is 1.98. The molecule has 98 valence electrons. The molecule has 1 atom stereocenters. The molecule has 1 aromatic rings. The van der Waals surface area contributed by atoms with Crippen LogP contribution < -0.4 is 11.2 Å². The zero-order valence-corrected chi connectivity index (χ0v) is 11.5. The quantitative estimate of drug-likeness (QED) is 0.820. The van der Waals surface area contributed by atoms with E-state index in [1.165, 1.54) is 5.56 Å². The van der Waals surface area contributed by atoms with Gasteiger partial charge < -0.3 is 15.0 Å². The van der Waals surface area contributed by atoms with Crippen molar-refractivity contribution >= 4 is 12.6 Å². The van der Waals surface area contributed by atoms with Crippen molar-refractivity contribution < 1.29 is 9.31 Å². The fourth-order valence-corrected chi connectivity index (χ4v) is 2.07. The van der Waals surface area contributed by atoms with E-state index < -0.39 is 0 Å². The van der Waals surface area contributed by atoms with Crippen LogP contribution in [0.15, 0.2) is 24.3 Å². The van der Waals surface area contributed by atoms with Crippen LogP contribution >= 0.6 is 0 Å². The smallest absolute Gasteiger partial charge is 0.407 e. The average molecular weight is 247 g/mol. The first-order valence-electron chi connectivity index (χ1n) is 6.54. The highest BCUT2D eigenvalue weighted by atomic mass is 16.6.